The van der Waals surface area contributed by atoms with E-state index in [1.165, 1.54) is 18.0 Å². The summed E-state index contributed by atoms with van der Waals surface area (Å²) in [5.74, 6) is 0.604. The van der Waals surface area contributed by atoms with E-state index in [1.54, 1.807) is 18.2 Å². The van der Waals surface area contributed by atoms with E-state index in [-0.39, 0.29) is 0 Å². The van der Waals surface area contributed by atoms with Gasteiger partial charge in [-0.1, -0.05) is 23.9 Å². The van der Waals surface area contributed by atoms with Crippen LogP contribution in [0.25, 0.3) is 0 Å². The van der Waals surface area contributed by atoms with Gasteiger partial charge in [-0.05, 0) is 48.0 Å². The number of furan rings is 1. The van der Waals surface area contributed by atoms with E-state index in [1.807, 2.05) is 36.4 Å². The van der Waals surface area contributed by atoms with E-state index in [0.29, 0.717) is 24.2 Å². The Morgan fingerprint density at radius 2 is 1.80 bits per heavy atom. The van der Waals surface area contributed by atoms with Crippen molar-refractivity contribution in [3.63, 3.8) is 0 Å². The number of carbonyl (C=O) groups is 2. The smallest absolute Gasteiger partial charge is 0.248 e. The third-order valence-corrected chi connectivity index (χ3v) is 4.52. The summed E-state index contributed by atoms with van der Waals surface area (Å²) >= 11 is 1.45. The van der Waals surface area contributed by atoms with Gasteiger partial charge in [-0.3, -0.25) is 9.59 Å². The van der Waals surface area contributed by atoms with E-state index < -0.39 is 5.91 Å². The second-order valence-corrected chi connectivity index (χ2v) is 6.31. The molecular weight excluding hydrogens is 338 g/mol. The lowest BCUT2D eigenvalue weighted by molar-refractivity contribution is 0.0999. The normalized spacial score (nSPS) is 10.4. The van der Waals surface area contributed by atoms with Crippen LogP contribution >= 0.6 is 11.8 Å². The van der Waals surface area contributed by atoms with Gasteiger partial charge < -0.3 is 14.9 Å². The molecule has 2 N–H and O–H groups in total. The molecule has 0 saturated heterocycles. The molecule has 0 atom stereocenters. The van der Waals surface area contributed by atoms with Crippen LogP contribution in [0.1, 0.15) is 26.5 Å². The van der Waals surface area contributed by atoms with Crippen LogP contribution in [-0.4, -0.2) is 12.2 Å². The van der Waals surface area contributed by atoms with Crippen molar-refractivity contribution < 1.29 is 18.7 Å². The predicted octanol–water partition coefficient (Wildman–Crippen LogP) is 3.92. The minimum Gasteiger partial charge on any atom is -0.489 e. The first-order valence-corrected chi connectivity index (χ1v) is 8.29. The van der Waals surface area contributed by atoms with Crippen LogP contribution in [0.4, 0.5) is 0 Å². The van der Waals surface area contributed by atoms with E-state index in [2.05, 4.69) is 0 Å². The molecule has 0 spiro atoms. The fourth-order valence-corrected chi connectivity index (χ4v) is 2.99. The number of amides is 1. The van der Waals surface area contributed by atoms with Gasteiger partial charge in [0.25, 0.3) is 0 Å². The number of rotatable bonds is 7. The number of primary amides is 1. The predicted molar refractivity (Wildman–Crippen MR) is 94.0 cm³/mol. The van der Waals surface area contributed by atoms with Crippen molar-refractivity contribution in [3.05, 3.63) is 77.7 Å². The molecule has 3 rings (SSSR count). The zero-order chi connectivity index (χ0) is 17.6. The maximum atomic E-state index is 11.0. The Labute approximate surface area is 148 Å². The van der Waals surface area contributed by atoms with Crippen molar-refractivity contribution in [2.75, 3.05) is 0 Å². The number of hydrogen-bond acceptors (Lipinski definition) is 5. The lowest BCUT2D eigenvalue weighted by Crippen LogP contribution is -2.10. The van der Waals surface area contributed by atoms with Gasteiger partial charge in [0.05, 0.1) is 11.2 Å². The van der Waals surface area contributed by atoms with Crippen LogP contribution < -0.4 is 10.5 Å². The summed E-state index contributed by atoms with van der Waals surface area (Å²) in [6, 6.07) is 16.3. The van der Waals surface area contributed by atoms with Gasteiger partial charge >= 0.3 is 0 Å². The molecule has 3 aromatic rings. The van der Waals surface area contributed by atoms with Gasteiger partial charge in [-0.25, -0.2) is 0 Å². The number of benzene rings is 2. The van der Waals surface area contributed by atoms with Crippen molar-refractivity contribution in [1.29, 1.82) is 0 Å². The maximum absolute atomic E-state index is 11.0. The minimum atomic E-state index is -0.448. The standard InChI is InChI=1S/C19H15NO4S/c20-19(22)14-3-1-13(2-4-14)12-24-15-5-7-16(8-6-15)25-18-9-10-23-17(18)11-21/h1-11H,12H2,(H2,20,22). The molecule has 126 valence electrons. The molecule has 0 fully saturated rings. The molecule has 0 bridgehead atoms. The highest BCUT2D eigenvalue weighted by Gasteiger charge is 2.07. The third kappa shape index (κ3) is 4.30. The first-order chi connectivity index (χ1) is 12.2. The number of hydrogen-bond donors (Lipinski definition) is 1. The lowest BCUT2D eigenvalue weighted by Gasteiger charge is -2.07. The molecule has 25 heavy (non-hydrogen) atoms. The zero-order valence-electron chi connectivity index (χ0n) is 13.2. The van der Waals surface area contributed by atoms with Gasteiger partial charge in [0.2, 0.25) is 5.91 Å². The molecule has 5 nitrogen and oxygen atoms in total. The molecule has 1 heterocycles. The molecule has 0 unspecified atom stereocenters. The number of nitrogens with two attached hydrogens (primary N) is 1. The topological polar surface area (TPSA) is 82.5 Å². The minimum absolute atomic E-state index is 0.324. The summed E-state index contributed by atoms with van der Waals surface area (Å²) < 4.78 is 10.8. The van der Waals surface area contributed by atoms with Gasteiger partial charge in [0.1, 0.15) is 12.4 Å². The SMILES string of the molecule is NC(=O)c1ccc(COc2ccc(Sc3ccoc3C=O)cc2)cc1. The van der Waals surface area contributed by atoms with Crippen LogP contribution in [0.15, 0.2) is 75.1 Å². The summed E-state index contributed by atoms with van der Waals surface area (Å²) in [5.41, 5.74) is 6.63. The largest absolute Gasteiger partial charge is 0.489 e. The van der Waals surface area contributed by atoms with Crippen LogP contribution in [0, 0.1) is 0 Å². The number of carbonyl (C=O) groups excluding carboxylic acids is 2. The Balaban J connectivity index is 1.59. The summed E-state index contributed by atoms with van der Waals surface area (Å²) in [4.78, 5) is 23.7. The van der Waals surface area contributed by atoms with Gasteiger partial charge in [0, 0.05) is 10.5 Å². The fourth-order valence-electron chi connectivity index (χ4n) is 2.14. The van der Waals surface area contributed by atoms with Crippen molar-refractivity contribution >= 4 is 24.0 Å². The average Bonchev–Trinajstić information content (AvgIpc) is 3.08. The Bertz CT molecular complexity index is 869. The summed E-state index contributed by atoms with van der Waals surface area (Å²) in [7, 11) is 0. The molecule has 0 aliphatic heterocycles. The van der Waals surface area contributed by atoms with Gasteiger partial charge in [0.15, 0.2) is 12.0 Å². The maximum Gasteiger partial charge on any atom is 0.248 e. The zero-order valence-corrected chi connectivity index (χ0v) is 14.0. The van der Waals surface area contributed by atoms with E-state index in [9.17, 15) is 9.59 Å². The van der Waals surface area contributed by atoms with E-state index in [0.717, 1.165) is 21.1 Å². The van der Waals surface area contributed by atoms with Crippen LogP contribution in [0.3, 0.4) is 0 Å². The lowest BCUT2D eigenvalue weighted by atomic mass is 10.1. The highest BCUT2D eigenvalue weighted by Crippen LogP contribution is 2.31. The molecular formula is C19H15NO4S. The first-order valence-electron chi connectivity index (χ1n) is 7.48. The number of ether oxygens (including phenoxy) is 1. The Kier molecular flexibility index (Phi) is 5.20. The summed E-state index contributed by atoms with van der Waals surface area (Å²) in [6.07, 6.45) is 2.19. The molecule has 1 amide bonds. The highest BCUT2D eigenvalue weighted by molar-refractivity contribution is 7.99. The van der Waals surface area contributed by atoms with E-state index in [4.69, 9.17) is 14.9 Å². The molecule has 6 heteroatoms. The van der Waals surface area contributed by atoms with E-state index >= 15 is 0 Å². The molecule has 0 aliphatic carbocycles. The van der Waals surface area contributed by atoms with Gasteiger partial charge in [-0.15, -0.1) is 0 Å². The Hall–Kier alpha value is -2.99. The number of aldehydes is 1. The fraction of sp³-hybridized carbons (Fsp3) is 0.0526. The van der Waals surface area contributed by atoms with Crippen LogP contribution in [-0.2, 0) is 6.61 Å². The van der Waals surface area contributed by atoms with Crippen molar-refractivity contribution in [2.45, 2.75) is 16.4 Å². The molecule has 0 saturated carbocycles. The van der Waals surface area contributed by atoms with Crippen LogP contribution in [0.2, 0.25) is 0 Å². The van der Waals surface area contributed by atoms with Crippen LogP contribution in [0.5, 0.6) is 5.75 Å². The van der Waals surface area contributed by atoms with Gasteiger partial charge in [-0.2, -0.15) is 0 Å². The Morgan fingerprint density at radius 1 is 1.08 bits per heavy atom. The molecule has 1 aromatic heterocycles. The Morgan fingerprint density at radius 3 is 2.44 bits per heavy atom. The second-order valence-electron chi connectivity index (χ2n) is 5.19. The molecule has 2 aromatic carbocycles. The van der Waals surface area contributed by atoms with Crippen molar-refractivity contribution in [3.8, 4) is 5.75 Å². The highest BCUT2D eigenvalue weighted by atomic mass is 32.2. The summed E-state index contributed by atoms with van der Waals surface area (Å²) in [6.45, 7) is 0.391. The molecule has 0 aliphatic rings. The monoisotopic (exact) mass is 353 g/mol. The summed E-state index contributed by atoms with van der Waals surface area (Å²) in [5, 5.41) is 0. The first kappa shape index (κ1) is 16.9. The third-order valence-electron chi connectivity index (χ3n) is 3.46. The average molecular weight is 353 g/mol. The molecule has 0 radical (unpaired) electrons. The van der Waals surface area contributed by atoms with Crippen molar-refractivity contribution in [1.82, 2.24) is 0 Å². The van der Waals surface area contributed by atoms with Crippen molar-refractivity contribution in [2.24, 2.45) is 5.73 Å². The quantitative estimate of drug-likeness (QED) is 0.651. The second kappa shape index (κ2) is 7.72.